The Kier molecular flexibility index (Phi) is 7.82. The Morgan fingerprint density at radius 3 is 2.47 bits per heavy atom. The Labute approximate surface area is 192 Å². The third-order valence-corrected chi connectivity index (χ3v) is 7.79. The summed E-state index contributed by atoms with van der Waals surface area (Å²) >= 11 is 0. The largest absolute Gasteiger partial charge is 0.476 e. The molecule has 0 spiro atoms. The molecule has 3 rings (SSSR count). The number of carbonyl (C=O) groups is 1. The second kappa shape index (κ2) is 10.4. The van der Waals surface area contributed by atoms with Gasteiger partial charge in [-0.15, -0.1) is 0 Å². The monoisotopic (exact) mass is 458 g/mol. The first-order valence-electron chi connectivity index (χ1n) is 11.4. The van der Waals surface area contributed by atoms with E-state index in [4.69, 9.17) is 4.74 Å². The molecule has 0 saturated carbocycles. The second-order valence-corrected chi connectivity index (χ2v) is 10.5. The number of hydrogen-bond donors (Lipinski definition) is 1. The zero-order valence-corrected chi connectivity index (χ0v) is 20.2. The summed E-state index contributed by atoms with van der Waals surface area (Å²) in [7, 11) is -3.85. The molecule has 0 aliphatic carbocycles. The Balaban J connectivity index is 1.85. The molecule has 0 aromatic heterocycles. The van der Waals surface area contributed by atoms with Gasteiger partial charge < -0.3 is 10.1 Å². The van der Waals surface area contributed by atoms with Crippen molar-refractivity contribution in [2.75, 3.05) is 17.4 Å². The molecule has 2 atom stereocenters. The van der Waals surface area contributed by atoms with Gasteiger partial charge >= 0.3 is 0 Å². The number of hydrogen-bond acceptors (Lipinski definition) is 4. The van der Waals surface area contributed by atoms with Gasteiger partial charge in [0.25, 0.3) is 15.9 Å². The zero-order valence-electron chi connectivity index (χ0n) is 19.4. The lowest BCUT2D eigenvalue weighted by Crippen LogP contribution is -2.51. The number of benzene rings is 2. The lowest BCUT2D eigenvalue weighted by molar-refractivity contribution is -0.127. The lowest BCUT2D eigenvalue weighted by Gasteiger charge is -2.35. The van der Waals surface area contributed by atoms with Crippen LogP contribution >= 0.6 is 0 Å². The summed E-state index contributed by atoms with van der Waals surface area (Å²) in [6.45, 7) is 8.60. The zero-order chi connectivity index (χ0) is 23.3. The van der Waals surface area contributed by atoms with Gasteiger partial charge in [0, 0.05) is 6.54 Å². The van der Waals surface area contributed by atoms with Gasteiger partial charge in [-0.3, -0.25) is 9.10 Å². The SMILES string of the molecule is CCCC[C@H](CC)CNC(=O)[C@H]1CN(S(=O)(=O)c2ccc(C)cc2)c2ccc(C)cc2O1. The lowest BCUT2D eigenvalue weighted by atomic mass is 9.99. The van der Waals surface area contributed by atoms with E-state index in [1.54, 1.807) is 36.4 Å². The van der Waals surface area contributed by atoms with Crippen molar-refractivity contribution >= 4 is 21.6 Å². The number of ether oxygens (including phenoxy) is 1. The van der Waals surface area contributed by atoms with Crippen LogP contribution in [0.3, 0.4) is 0 Å². The quantitative estimate of drug-likeness (QED) is 0.596. The first-order chi connectivity index (χ1) is 15.3. The van der Waals surface area contributed by atoms with Gasteiger partial charge in [0.2, 0.25) is 0 Å². The van der Waals surface area contributed by atoms with Crippen LogP contribution in [0.15, 0.2) is 47.4 Å². The molecule has 7 heteroatoms. The van der Waals surface area contributed by atoms with Crippen molar-refractivity contribution < 1.29 is 17.9 Å². The smallest absolute Gasteiger partial charge is 0.264 e. The van der Waals surface area contributed by atoms with Crippen molar-refractivity contribution in [3.63, 3.8) is 0 Å². The van der Waals surface area contributed by atoms with Crippen LogP contribution in [0.25, 0.3) is 0 Å². The number of rotatable bonds is 9. The van der Waals surface area contributed by atoms with Crippen LogP contribution in [0, 0.1) is 19.8 Å². The fourth-order valence-electron chi connectivity index (χ4n) is 3.86. The van der Waals surface area contributed by atoms with Gasteiger partial charge in [-0.2, -0.15) is 0 Å². The molecule has 0 radical (unpaired) electrons. The highest BCUT2D eigenvalue weighted by Gasteiger charge is 2.37. The standard InChI is InChI=1S/C25H34N2O4S/c1-5-7-8-20(6-2)16-26-25(28)24-17-27(22-14-11-19(4)15-23(22)31-24)32(29,30)21-12-9-18(3)10-13-21/h9-15,20,24H,5-8,16-17H2,1-4H3,(H,26,28)/t20-,24+/m0/s1. The van der Waals surface area contributed by atoms with Crippen molar-refractivity contribution in [1.29, 1.82) is 0 Å². The van der Waals surface area contributed by atoms with E-state index in [9.17, 15) is 13.2 Å². The van der Waals surface area contributed by atoms with Crippen LogP contribution in [0.2, 0.25) is 0 Å². The van der Waals surface area contributed by atoms with Crippen LogP contribution in [0.1, 0.15) is 50.7 Å². The molecule has 0 fully saturated rings. The number of unbranched alkanes of at least 4 members (excludes halogenated alkanes) is 1. The molecule has 1 amide bonds. The number of amides is 1. The molecule has 1 N–H and O–H groups in total. The molecule has 6 nitrogen and oxygen atoms in total. The number of fused-ring (bicyclic) bond motifs is 1. The maximum Gasteiger partial charge on any atom is 0.264 e. The van der Waals surface area contributed by atoms with E-state index < -0.39 is 16.1 Å². The molecule has 1 heterocycles. The minimum absolute atomic E-state index is 0.0656. The average Bonchev–Trinajstić information content (AvgIpc) is 2.78. The average molecular weight is 459 g/mol. The number of nitrogens with one attached hydrogen (secondary N) is 1. The third-order valence-electron chi connectivity index (χ3n) is 5.99. The summed E-state index contributed by atoms with van der Waals surface area (Å²) in [4.78, 5) is 13.2. The molecule has 1 aliphatic heterocycles. The molecule has 2 aromatic carbocycles. The van der Waals surface area contributed by atoms with Gasteiger partial charge in [0.05, 0.1) is 17.1 Å². The van der Waals surface area contributed by atoms with Crippen LogP contribution in [0.5, 0.6) is 5.75 Å². The summed E-state index contributed by atoms with van der Waals surface area (Å²) < 4.78 is 34.3. The molecule has 2 aromatic rings. The van der Waals surface area contributed by atoms with E-state index in [0.717, 1.165) is 36.8 Å². The van der Waals surface area contributed by atoms with E-state index in [-0.39, 0.29) is 17.3 Å². The molecule has 0 bridgehead atoms. The van der Waals surface area contributed by atoms with Crippen molar-refractivity contribution in [2.24, 2.45) is 5.92 Å². The highest BCUT2D eigenvalue weighted by Crippen LogP contribution is 2.37. The fraction of sp³-hybridized carbons (Fsp3) is 0.480. The Bertz CT molecular complexity index is 1030. The van der Waals surface area contributed by atoms with Crippen LogP contribution in [-0.4, -0.2) is 33.5 Å². The van der Waals surface area contributed by atoms with Gasteiger partial charge in [-0.1, -0.05) is 56.9 Å². The topological polar surface area (TPSA) is 75.7 Å². The van der Waals surface area contributed by atoms with E-state index in [1.165, 1.54) is 4.31 Å². The summed E-state index contributed by atoms with van der Waals surface area (Å²) in [5.41, 5.74) is 2.37. The number of carbonyl (C=O) groups excluding carboxylic acids is 1. The van der Waals surface area contributed by atoms with Crippen LogP contribution < -0.4 is 14.4 Å². The Hall–Kier alpha value is -2.54. The number of sulfonamides is 1. The van der Waals surface area contributed by atoms with Crippen molar-refractivity contribution in [1.82, 2.24) is 5.32 Å². The highest BCUT2D eigenvalue weighted by molar-refractivity contribution is 7.92. The van der Waals surface area contributed by atoms with E-state index in [0.29, 0.717) is 23.9 Å². The molecule has 1 aliphatic rings. The first-order valence-corrected chi connectivity index (χ1v) is 12.8. The van der Waals surface area contributed by atoms with Crippen LogP contribution in [-0.2, 0) is 14.8 Å². The molecule has 174 valence electrons. The van der Waals surface area contributed by atoms with Gasteiger partial charge in [0.15, 0.2) is 6.10 Å². The number of anilines is 1. The van der Waals surface area contributed by atoms with Crippen molar-refractivity contribution in [2.45, 2.75) is 64.4 Å². The minimum atomic E-state index is -3.85. The maximum atomic E-state index is 13.5. The van der Waals surface area contributed by atoms with Crippen LogP contribution in [0.4, 0.5) is 5.69 Å². The van der Waals surface area contributed by atoms with Gasteiger partial charge in [-0.25, -0.2) is 8.42 Å². The second-order valence-electron chi connectivity index (χ2n) is 8.59. The number of nitrogens with zero attached hydrogens (tertiary/aromatic N) is 1. The third kappa shape index (κ3) is 5.44. The fourth-order valence-corrected chi connectivity index (χ4v) is 5.34. The molecular formula is C25H34N2O4S. The summed E-state index contributed by atoms with van der Waals surface area (Å²) in [5, 5.41) is 2.99. The predicted octanol–water partition coefficient (Wildman–Crippen LogP) is 4.59. The summed E-state index contributed by atoms with van der Waals surface area (Å²) in [6.07, 6.45) is 3.39. The van der Waals surface area contributed by atoms with Crippen molar-refractivity contribution in [3.05, 3.63) is 53.6 Å². The van der Waals surface area contributed by atoms with Crippen molar-refractivity contribution in [3.8, 4) is 5.75 Å². The van der Waals surface area contributed by atoms with E-state index >= 15 is 0 Å². The summed E-state index contributed by atoms with van der Waals surface area (Å²) in [6, 6.07) is 12.1. The molecule has 0 unspecified atom stereocenters. The van der Waals surface area contributed by atoms with E-state index in [1.807, 2.05) is 19.9 Å². The van der Waals surface area contributed by atoms with Gasteiger partial charge in [0.1, 0.15) is 5.75 Å². The van der Waals surface area contributed by atoms with E-state index in [2.05, 4.69) is 19.2 Å². The first kappa shape index (κ1) is 24.1. The Morgan fingerprint density at radius 1 is 1.12 bits per heavy atom. The number of aryl methyl sites for hydroxylation is 2. The highest BCUT2D eigenvalue weighted by atomic mass is 32.2. The maximum absolute atomic E-state index is 13.5. The molecule has 32 heavy (non-hydrogen) atoms. The normalized spacial score (nSPS) is 16.8. The predicted molar refractivity (Wildman–Crippen MR) is 128 cm³/mol. The molecular weight excluding hydrogens is 424 g/mol. The molecule has 0 saturated heterocycles. The minimum Gasteiger partial charge on any atom is -0.476 e. The Morgan fingerprint density at radius 2 is 1.81 bits per heavy atom. The summed E-state index contributed by atoms with van der Waals surface area (Å²) in [5.74, 6) is 0.533. The van der Waals surface area contributed by atoms with Gasteiger partial charge in [-0.05, 0) is 56.0 Å².